The van der Waals surface area contributed by atoms with E-state index in [9.17, 15) is 0 Å². The Balaban J connectivity index is 1.64. The van der Waals surface area contributed by atoms with E-state index in [-0.39, 0.29) is 12.1 Å². The van der Waals surface area contributed by atoms with Crippen LogP contribution in [0.3, 0.4) is 0 Å². The third kappa shape index (κ3) is 3.20. The summed E-state index contributed by atoms with van der Waals surface area (Å²) in [5, 5.41) is 0. The minimum atomic E-state index is 0.118. The Kier molecular flexibility index (Phi) is 4.68. The zero-order valence-corrected chi connectivity index (χ0v) is 13.1. The van der Waals surface area contributed by atoms with E-state index in [2.05, 4.69) is 37.3 Å². The number of halogens is 1. The molecule has 2 saturated heterocycles. The molecule has 5 nitrogen and oxygen atoms in total. The number of hydrogen-bond donors (Lipinski definition) is 2. The van der Waals surface area contributed by atoms with Crippen molar-refractivity contribution in [1.82, 2.24) is 15.3 Å². The second-order valence-corrected chi connectivity index (χ2v) is 6.57. The van der Waals surface area contributed by atoms with Gasteiger partial charge in [-0.3, -0.25) is 21.2 Å². The number of nitrogens with one attached hydrogen (secondary N) is 1. The zero-order valence-electron chi connectivity index (χ0n) is 11.5. The molecule has 2 aliphatic rings. The minimum Gasteiger partial charge on any atom is -0.374 e. The molecule has 3 N–H and O–H groups in total. The van der Waals surface area contributed by atoms with Gasteiger partial charge in [0, 0.05) is 29.5 Å². The lowest BCUT2D eigenvalue weighted by Crippen LogP contribution is -2.56. The van der Waals surface area contributed by atoms with Crippen LogP contribution in [0.5, 0.6) is 0 Å². The number of nitrogens with two attached hydrogens (primary N) is 1. The summed E-state index contributed by atoms with van der Waals surface area (Å²) in [4.78, 5) is 6.74. The topological polar surface area (TPSA) is 63.4 Å². The Morgan fingerprint density at radius 3 is 3.25 bits per heavy atom. The number of pyridine rings is 1. The molecule has 1 aromatic rings. The van der Waals surface area contributed by atoms with Crippen LogP contribution in [-0.2, 0) is 11.2 Å². The fourth-order valence-electron chi connectivity index (χ4n) is 3.21. The Morgan fingerprint density at radius 2 is 2.45 bits per heavy atom. The average Bonchev–Trinajstić information content (AvgIpc) is 2.92. The first kappa shape index (κ1) is 14.4. The van der Waals surface area contributed by atoms with Gasteiger partial charge in [0.05, 0.1) is 18.8 Å². The van der Waals surface area contributed by atoms with Gasteiger partial charge in [0.2, 0.25) is 0 Å². The predicted octanol–water partition coefficient (Wildman–Crippen LogP) is 1.08. The van der Waals surface area contributed by atoms with Gasteiger partial charge in [-0.1, -0.05) is 0 Å². The number of nitrogens with zero attached hydrogens (tertiary/aromatic N) is 2. The monoisotopic (exact) mass is 340 g/mol. The van der Waals surface area contributed by atoms with Gasteiger partial charge < -0.3 is 4.74 Å². The molecule has 0 saturated carbocycles. The molecule has 0 bridgehead atoms. The van der Waals surface area contributed by atoms with Crippen LogP contribution in [0, 0.1) is 0 Å². The Labute approximate surface area is 128 Å². The third-order valence-electron chi connectivity index (χ3n) is 4.30. The lowest BCUT2D eigenvalue weighted by atomic mass is 10.0. The van der Waals surface area contributed by atoms with Gasteiger partial charge in [0.25, 0.3) is 0 Å². The number of hydrogen-bond acceptors (Lipinski definition) is 5. The highest BCUT2D eigenvalue weighted by molar-refractivity contribution is 9.10. The van der Waals surface area contributed by atoms with Crippen molar-refractivity contribution in [2.45, 2.75) is 37.5 Å². The van der Waals surface area contributed by atoms with E-state index >= 15 is 0 Å². The highest BCUT2D eigenvalue weighted by Crippen LogP contribution is 2.24. The minimum absolute atomic E-state index is 0.118. The zero-order chi connectivity index (χ0) is 13.9. The van der Waals surface area contributed by atoms with E-state index in [0.29, 0.717) is 6.04 Å². The summed E-state index contributed by atoms with van der Waals surface area (Å²) in [6.07, 6.45) is 7.21. The average molecular weight is 341 g/mol. The molecule has 2 fully saturated rings. The smallest absolute Gasteiger partial charge is 0.0872 e. The first-order valence-corrected chi connectivity index (χ1v) is 7.97. The molecule has 0 radical (unpaired) electrons. The second kappa shape index (κ2) is 6.49. The van der Waals surface area contributed by atoms with E-state index in [4.69, 9.17) is 10.6 Å². The summed E-state index contributed by atoms with van der Waals surface area (Å²) < 4.78 is 7.03. The van der Waals surface area contributed by atoms with Gasteiger partial charge >= 0.3 is 0 Å². The summed E-state index contributed by atoms with van der Waals surface area (Å²) in [6, 6.07) is 2.82. The summed E-state index contributed by atoms with van der Waals surface area (Å²) in [7, 11) is 0. The van der Waals surface area contributed by atoms with Crippen LogP contribution in [0.4, 0.5) is 0 Å². The van der Waals surface area contributed by atoms with Crippen molar-refractivity contribution in [2.75, 3.05) is 19.7 Å². The van der Waals surface area contributed by atoms with E-state index in [1.165, 1.54) is 19.4 Å². The molecule has 0 spiro atoms. The van der Waals surface area contributed by atoms with Crippen LogP contribution in [0.15, 0.2) is 22.9 Å². The quantitative estimate of drug-likeness (QED) is 0.634. The maximum absolute atomic E-state index is 6.03. The molecule has 110 valence electrons. The molecule has 0 aromatic carbocycles. The van der Waals surface area contributed by atoms with Crippen molar-refractivity contribution in [1.29, 1.82) is 0 Å². The number of ether oxygens (including phenoxy) is 1. The Bertz CT molecular complexity index is 459. The normalized spacial score (nSPS) is 28.3. The van der Waals surface area contributed by atoms with Gasteiger partial charge in [0.15, 0.2) is 0 Å². The van der Waals surface area contributed by atoms with E-state index in [1.807, 2.05) is 6.20 Å². The summed E-state index contributed by atoms with van der Waals surface area (Å²) in [5.41, 5.74) is 4.09. The number of fused-ring (bicyclic) bond motifs is 1. The number of aromatic nitrogens is 1. The molecule has 20 heavy (non-hydrogen) atoms. The lowest BCUT2D eigenvalue weighted by Gasteiger charge is -2.38. The molecule has 3 atom stereocenters. The Morgan fingerprint density at radius 1 is 1.55 bits per heavy atom. The van der Waals surface area contributed by atoms with Crippen LogP contribution in [0.25, 0.3) is 0 Å². The van der Waals surface area contributed by atoms with Crippen LogP contribution in [0.1, 0.15) is 18.4 Å². The van der Waals surface area contributed by atoms with Gasteiger partial charge in [-0.15, -0.1) is 0 Å². The fourth-order valence-corrected chi connectivity index (χ4v) is 3.62. The molecule has 3 unspecified atom stereocenters. The standard InChI is InChI=1S/C14H21BrN4O/c15-11-4-10(6-17-7-11)5-13(18-16)14-8-19-3-1-2-12(19)9-20-14/h4,6-7,12-14,18H,1-3,5,8-9,16H2. The van der Waals surface area contributed by atoms with Crippen LogP contribution in [0.2, 0.25) is 0 Å². The van der Waals surface area contributed by atoms with Gasteiger partial charge in [-0.2, -0.15) is 0 Å². The molecule has 0 aliphatic carbocycles. The molecule has 3 heterocycles. The van der Waals surface area contributed by atoms with Gasteiger partial charge in [0.1, 0.15) is 0 Å². The molecule has 1 aromatic heterocycles. The highest BCUT2D eigenvalue weighted by Gasteiger charge is 2.35. The molecule has 0 amide bonds. The highest BCUT2D eigenvalue weighted by atomic mass is 79.9. The van der Waals surface area contributed by atoms with Crippen LogP contribution in [-0.4, -0.2) is 47.8 Å². The molecule has 3 rings (SSSR count). The predicted molar refractivity (Wildman–Crippen MR) is 81.1 cm³/mol. The van der Waals surface area contributed by atoms with Crippen molar-refractivity contribution < 1.29 is 4.74 Å². The number of hydrazine groups is 1. The summed E-state index contributed by atoms with van der Waals surface area (Å²) in [6.45, 7) is 3.00. The van der Waals surface area contributed by atoms with Crippen molar-refractivity contribution in [2.24, 2.45) is 5.84 Å². The van der Waals surface area contributed by atoms with Crippen molar-refractivity contribution in [3.63, 3.8) is 0 Å². The van der Waals surface area contributed by atoms with Crippen molar-refractivity contribution >= 4 is 15.9 Å². The fraction of sp³-hybridized carbons (Fsp3) is 0.643. The first-order chi connectivity index (χ1) is 9.76. The van der Waals surface area contributed by atoms with Crippen LogP contribution < -0.4 is 11.3 Å². The van der Waals surface area contributed by atoms with E-state index in [1.54, 1.807) is 6.20 Å². The summed E-state index contributed by atoms with van der Waals surface area (Å²) >= 11 is 3.45. The SMILES string of the molecule is NNC(Cc1cncc(Br)c1)C1CN2CCCC2CO1. The Hall–Kier alpha value is -0.530. The van der Waals surface area contributed by atoms with E-state index in [0.717, 1.165) is 29.6 Å². The maximum Gasteiger partial charge on any atom is 0.0872 e. The maximum atomic E-state index is 6.03. The van der Waals surface area contributed by atoms with Crippen molar-refractivity contribution in [3.8, 4) is 0 Å². The number of rotatable bonds is 4. The molecular formula is C14H21BrN4O. The molecule has 2 aliphatic heterocycles. The van der Waals surface area contributed by atoms with E-state index < -0.39 is 0 Å². The number of morpholine rings is 1. The first-order valence-electron chi connectivity index (χ1n) is 7.17. The third-order valence-corrected chi connectivity index (χ3v) is 4.73. The molecule has 6 heteroatoms. The van der Waals surface area contributed by atoms with Crippen molar-refractivity contribution in [3.05, 3.63) is 28.5 Å². The van der Waals surface area contributed by atoms with Gasteiger partial charge in [-0.05, 0) is 53.4 Å². The summed E-state index contributed by atoms with van der Waals surface area (Å²) in [5.74, 6) is 5.75. The lowest BCUT2D eigenvalue weighted by molar-refractivity contribution is -0.0644. The largest absolute Gasteiger partial charge is 0.374 e. The molecular weight excluding hydrogens is 320 g/mol. The van der Waals surface area contributed by atoms with Crippen LogP contribution >= 0.6 is 15.9 Å². The van der Waals surface area contributed by atoms with Gasteiger partial charge in [-0.25, -0.2) is 0 Å². The second-order valence-electron chi connectivity index (χ2n) is 5.65.